The van der Waals surface area contributed by atoms with Gasteiger partial charge in [-0.05, 0) is 25.8 Å². The van der Waals surface area contributed by atoms with Gasteiger partial charge in [0.15, 0.2) is 5.78 Å². The van der Waals surface area contributed by atoms with Crippen LogP contribution in [0.15, 0.2) is 0 Å². The number of rotatable bonds is 1. The lowest BCUT2D eigenvalue weighted by Gasteiger charge is -2.35. The fourth-order valence-electron chi connectivity index (χ4n) is 2.85. The summed E-state index contributed by atoms with van der Waals surface area (Å²) in [7, 11) is 0. The van der Waals surface area contributed by atoms with Crippen LogP contribution in [0.5, 0.6) is 0 Å². The number of hydrogen-bond acceptors (Lipinski definition) is 3. The van der Waals surface area contributed by atoms with Gasteiger partial charge in [-0.3, -0.25) is 9.69 Å². The van der Waals surface area contributed by atoms with Crippen LogP contribution in [0.1, 0.15) is 32.6 Å². The van der Waals surface area contributed by atoms with Crippen molar-refractivity contribution in [2.24, 2.45) is 0 Å². The van der Waals surface area contributed by atoms with Gasteiger partial charge >= 0.3 is 0 Å². The van der Waals surface area contributed by atoms with Crippen molar-refractivity contribution in [3.63, 3.8) is 0 Å². The van der Waals surface area contributed by atoms with Gasteiger partial charge in [0.05, 0.1) is 5.54 Å². The van der Waals surface area contributed by atoms with Crippen molar-refractivity contribution in [2.75, 3.05) is 26.3 Å². The molecule has 0 N–H and O–H groups in total. The molecular formula is C11H19NO2. The number of hydrogen-bond donors (Lipinski definition) is 0. The zero-order valence-electron chi connectivity index (χ0n) is 8.92. The van der Waals surface area contributed by atoms with Crippen LogP contribution in [0.4, 0.5) is 0 Å². The highest BCUT2D eigenvalue weighted by Crippen LogP contribution is 2.34. The average Bonchev–Trinajstić information content (AvgIpc) is 2.42. The summed E-state index contributed by atoms with van der Waals surface area (Å²) in [5.74, 6) is 0.449. The summed E-state index contributed by atoms with van der Waals surface area (Å²) in [6, 6.07) is 0. The number of ketones is 1. The number of likely N-dealkylation sites (N-methyl/N-ethyl adjacent to an activating group) is 1. The molecule has 2 rings (SSSR count). The Labute approximate surface area is 85.4 Å². The molecule has 0 amide bonds. The molecule has 0 bridgehead atoms. The minimum Gasteiger partial charge on any atom is -0.381 e. The monoisotopic (exact) mass is 197 g/mol. The van der Waals surface area contributed by atoms with Gasteiger partial charge in [0.1, 0.15) is 0 Å². The van der Waals surface area contributed by atoms with Crippen molar-refractivity contribution in [3.05, 3.63) is 0 Å². The minimum absolute atomic E-state index is 0.148. The van der Waals surface area contributed by atoms with E-state index in [2.05, 4.69) is 11.8 Å². The lowest BCUT2D eigenvalue weighted by Crippen LogP contribution is -2.48. The molecule has 1 spiro atoms. The second-order valence-electron chi connectivity index (χ2n) is 4.25. The largest absolute Gasteiger partial charge is 0.381 e. The highest BCUT2D eigenvalue weighted by atomic mass is 16.5. The van der Waals surface area contributed by atoms with Crippen LogP contribution in [0, 0.1) is 0 Å². The quantitative estimate of drug-likeness (QED) is 0.633. The summed E-state index contributed by atoms with van der Waals surface area (Å²) in [6.45, 7) is 5.67. The van der Waals surface area contributed by atoms with Crippen LogP contribution in [0.25, 0.3) is 0 Å². The number of carbonyl (C=O) groups excluding carboxylic acids is 1. The van der Waals surface area contributed by atoms with E-state index in [0.717, 1.165) is 52.0 Å². The fraction of sp³-hybridized carbons (Fsp3) is 0.909. The van der Waals surface area contributed by atoms with Gasteiger partial charge in [0.25, 0.3) is 0 Å². The van der Waals surface area contributed by atoms with Gasteiger partial charge < -0.3 is 4.74 Å². The van der Waals surface area contributed by atoms with Crippen LogP contribution in [0.3, 0.4) is 0 Å². The summed E-state index contributed by atoms with van der Waals surface area (Å²) in [4.78, 5) is 14.3. The maximum absolute atomic E-state index is 12.0. The van der Waals surface area contributed by atoms with E-state index in [4.69, 9.17) is 4.74 Å². The van der Waals surface area contributed by atoms with Crippen molar-refractivity contribution in [2.45, 2.75) is 38.1 Å². The third kappa shape index (κ3) is 1.48. The first-order valence-electron chi connectivity index (χ1n) is 5.66. The first-order valence-corrected chi connectivity index (χ1v) is 5.66. The Kier molecular flexibility index (Phi) is 2.88. The molecule has 0 radical (unpaired) electrons. The smallest absolute Gasteiger partial charge is 0.154 e. The van der Waals surface area contributed by atoms with Crippen molar-refractivity contribution in [1.29, 1.82) is 0 Å². The van der Waals surface area contributed by atoms with E-state index in [1.54, 1.807) is 0 Å². The van der Waals surface area contributed by atoms with Gasteiger partial charge in [0.2, 0.25) is 0 Å². The van der Waals surface area contributed by atoms with E-state index < -0.39 is 0 Å². The van der Waals surface area contributed by atoms with Crippen LogP contribution in [0.2, 0.25) is 0 Å². The predicted octanol–water partition coefficient (Wildman–Crippen LogP) is 1.22. The molecule has 3 nitrogen and oxygen atoms in total. The molecule has 2 aliphatic heterocycles. The topological polar surface area (TPSA) is 29.5 Å². The van der Waals surface area contributed by atoms with E-state index in [1.807, 2.05) is 0 Å². The minimum atomic E-state index is -0.148. The molecule has 1 unspecified atom stereocenters. The van der Waals surface area contributed by atoms with Crippen LogP contribution < -0.4 is 0 Å². The summed E-state index contributed by atoms with van der Waals surface area (Å²) in [5.41, 5.74) is -0.148. The van der Waals surface area contributed by atoms with Gasteiger partial charge in [-0.25, -0.2) is 0 Å². The second-order valence-corrected chi connectivity index (χ2v) is 4.25. The Morgan fingerprint density at radius 2 is 2.29 bits per heavy atom. The third-order valence-corrected chi connectivity index (χ3v) is 3.65. The Morgan fingerprint density at radius 3 is 3.07 bits per heavy atom. The predicted molar refractivity (Wildman–Crippen MR) is 54.3 cm³/mol. The first kappa shape index (κ1) is 10.1. The molecule has 2 fully saturated rings. The maximum atomic E-state index is 12.0. The highest BCUT2D eigenvalue weighted by Gasteiger charge is 2.46. The van der Waals surface area contributed by atoms with Crippen LogP contribution in [-0.4, -0.2) is 42.5 Å². The van der Waals surface area contributed by atoms with Gasteiger partial charge in [0, 0.05) is 26.2 Å². The maximum Gasteiger partial charge on any atom is 0.154 e. The number of Topliss-reactive ketones (excluding diaryl/α,β-unsaturated/α-hetero) is 1. The van der Waals surface area contributed by atoms with Crippen molar-refractivity contribution in [1.82, 2.24) is 4.90 Å². The molecule has 2 heterocycles. The van der Waals surface area contributed by atoms with Gasteiger partial charge in [-0.1, -0.05) is 6.92 Å². The second kappa shape index (κ2) is 3.99. The number of carbonyl (C=O) groups is 1. The highest BCUT2D eigenvalue weighted by molar-refractivity contribution is 5.90. The normalized spacial score (nSPS) is 35.1. The number of nitrogens with zero attached hydrogens (tertiary/aromatic N) is 1. The standard InChI is InChI=1S/C11H19NO2/c1-2-12-7-4-10(13)11(12)5-3-8-14-9-6-11/h2-9H2,1H3. The molecule has 2 aliphatic rings. The van der Waals surface area contributed by atoms with E-state index >= 15 is 0 Å². The van der Waals surface area contributed by atoms with Crippen LogP contribution in [-0.2, 0) is 9.53 Å². The molecule has 0 aromatic carbocycles. The molecule has 14 heavy (non-hydrogen) atoms. The molecule has 2 saturated heterocycles. The molecule has 0 aromatic rings. The lowest BCUT2D eigenvalue weighted by atomic mass is 9.86. The number of likely N-dealkylation sites (tertiary alicyclic amines) is 1. The Morgan fingerprint density at radius 1 is 1.43 bits per heavy atom. The van der Waals surface area contributed by atoms with Crippen molar-refractivity contribution < 1.29 is 9.53 Å². The molecule has 0 aromatic heterocycles. The SMILES string of the molecule is CCN1CCC(=O)C12CCCOCC2. The van der Waals surface area contributed by atoms with E-state index in [1.165, 1.54) is 0 Å². The molecule has 0 saturated carbocycles. The first-order chi connectivity index (χ1) is 6.79. The summed E-state index contributed by atoms with van der Waals surface area (Å²) >= 11 is 0. The van der Waals surface area contributed by atoms with Crippen LogP contribution >= 0.6 is 0 Å². The zero-order valence-corrected chi connectivity index (χ0v) is 8.92. The Hall–Kier alpha value is -0.410. The molecule has 0 aliphatic carbocycles. The van der Waals surface area contributed by atoms with Crippen molar-refractivity contribution >= 4 is 5.78 Å². The van der Waals surface area contributed by atoms with Crippen molar-refractivity contribution in [3.8, 4) is 0 Å². The van der Waals surface area contributed by atoms with E-state index in [-0.39, 0.29) is 5.54 Å². The zero-order chi connectivity index (χ0) is 10.0. The summed E-state index contributed by atoms with van der Waals surface area (Å²) in [5, 5.41) is 0. The number of ether oxygens (including phenoxy) is 1. The molecular weight excluding hydrogens is 178 g/mol. The van der Waals surface area contributed by atoms with E-state index in [0.29, 0.717) is 5.78 Å². The van der Waals surface area contributed by atoms with E-state index in [9.17, 15) is 4.79 Å². The summed E-state index contributed by atoms with van der Waals surface area (Å²) < 4.78 is 5.44. The summed E-state index contributed by atoms with van der Waals surface area (Å²) in [6.07, 6.45) is 3.68. The third-order valence-electron chi connectivity index (χ3n) is 3.65. The fourth-order valence-corrected chi connectivity index (χ4v) is 2.85. The average molecular weight is 197 g/mol. The molecule has 1 atom stereocenters. The van der Waals surface area contributed by atoms with Gasteiger partial charge in [-0.2, -0.15) is 0 Å². The Balaban J connectivity index is 2.19. The van der Waals surface area contributed by atoms with Gasteiger partial charge in [-0.15, -0.1) is 0 Å². The molecule has 3 heteroatoms. The Bertz CT molecular complexity index is 219. The lowest BCUT2D eigenvalue weighted by molar-refractivity contribution is -0.126. The molecule has 80 valence electrons.